The molecule has 0 aliphatic heterocycles. The third-order valence-electron chi connectivity index (χ3n) is 2.98. The van der Waals surface area contributed by atoms with E-state index in [1.165, 1.54) is 7.11 Å². The first-order chi connectivity index (χ1) is 10.5. The van der Waals surface area contributed by atoms with Crippen LogP contribution in [0.5, 0.6) is 0 Å². The monoisotopic (exact) mass is 294 g/mol. The molecule has 0 fully saturated rings. The van der Waals surface area contributed by atoms with E-state index >= 15 is 0 Å². The molecule has 1 aromatic rings. The van der Waals surface area contributed by atoms with Crippen LogP contribution in [0.15, 0.2) is 30.3 Å². The lowest BCUT2D eigenvalue weighted by Gasteiger charge is -2.27. The molecule has 1 unspecified atom stereocenters. The van der Waals surface area contributed by atoms with E-state index in [1.54, 1.807) is 49.4 Å². The van der Waals surface area contributed by atoms with E-state index < -0.39 is 17.3 Å². The van der Waals surface area contributed by atoms with Crippen LogP contribution in [0, 0.1) is 51.2 Å². The molecule has 0 saturated carbocycles. The summed E-state index contributed by atoms with van der Waals surface area (Å²) in [4.78, 5) is 11.9. The minimum absolute atomic E-state index is 0. The van der Waals surface area contributed by atoms with Gasteiger partial charge in [0.1, 0.15) is 11.8 Å². The second-order valence-corrected chi connectivity index (χ2v) is 4.24. The maximum absolute atomic E-state index is 11.9. The highest BCUT2D eigenvalue weighted by Gasteiger charge is 2.44. The molecule has 0 heterocycles. The largest absolute Gasteiger partial charge is 0.468 e. The molecular weight excluding hydrogens is 280 g/mol. The number of carbonyl (C=O) groups is 1. The van der Waals surface area contributed by atoms with Crippen LogP contribution in [0.25, 0.3) is 0 Å². The van der Waals surface area contributed by atoms with Gasteiger partial charge in [0.2, 0.25) is 0 Å². The van der Waals surface area contributed by atoms with Crippen molar-refractivity contribution in [2.45, 2.75) is 18.8 Å². The van der Waals surface area contributed by atoms with Gasteiger partial charge in [-0.2, -0.15) is 21.0 Å². The first kappa shape index (κ1) is 18.7. The fourth-order valence-electron chi connectivity index (χ4n) is 1.72. The molecule has 0 radical (unpaired) electrons. The molecule has 6 heteroatoms. The maximum atomic E-state index is 11.9. The molecule has 0 N–H and O–H groups in total. The molecule has 0 aliphatic carbocycles. The third-order valence-corrected chi connectivity index (χ3v) is 2.98. The van der Waals surface area contributed by atoms with Crippen molar-refractivity contribution in [1.82, 2.24) is 0 Å². The molecule has 1 atom stereocenters. The number of rotatable bonds is 3. The number of benzene rings is 1. The summed E-state index contributed by atoms with van der Waals surface area (Å²) in [6, 6.07) is 15.7. The minimum atomic E-state index is -1.26. The van der Waals surface area contributed by atoms with Crippen molar-refractivity contribution in [3.05, 3.63) is 35.9 Å². The van der Waals surface area contributed by atoms with Gasteiger partial charge in [0.25, 0.3) is 0 Å². The van der Waals surface area contributed by atoms with Crippen LogP contribution in [0.2, 0.25) is 0 Å². The highest BCUT2D eigenvalue weighted by molar-refractivity contribution is 5.84. The Morgan fingerprint density at radius 1 is 1.14 bits per heavy atom. The average Bonchev–Trinajstić information content (AvgIpc) is 2.57. The molecule has 6 nitrogen and oxygen atoms in total. The van der Waals surface area contributed by atoms with Gasteiger partial charge in [-0.05, 0) is 12.5 Å². The molecular formula is C16H14N4O2. The number of ether oxygens (including phenoxy) is 1. The van der Waals surface area contributed by atoms with E-state index in [-0.39, 0.29) is 6.42 Å². The van der Waals surface area contributed by atoms with Crippen LogP contribution in [0.1, 0.15) is 18.9 Å². The summed E-state index contributed by atoms with van der Waals surface area (Å²) in [5.74, 6) is -1.67. The number of nitrogens with zero attached hydrogens (tertiary/aromatic N) is 4. The van der Waals surface area contributed by atoms with Crippen LogP contribution in [-0.2, 0) is 14.9 Å². The molecule has 0 bridgehead atoms. The SMILES string of the molecule is COC(=O)C(C)(c1ccccc1)C(C#N)C#N.N#CCC#N. The normalized spacial score (nSPS) is 11.2. The molecule has 0 amide bonds. The Bertz CT molecular complexity index is 633. The first-order valence-electron chi connectivity index (χ1n) is 6.19. The number of hydrogen-bond acceptors (Lipinski definition) is 6. The van der Waals surface area contributed by atoms with Crippen molar-refractivity contribution in [2.75, 3.05) is 7.11 Å². The average molecular weight is 294 g/mol. The van der Waals surface area contributed by atoms with Gasteiger partial charge >= 0.3 is 5.97 Å². The van der Waals surface area contributed by atoms with Gasteiger partial charge in [-0.3, -0.25) is 4.79 Å². The quantitative estimate of drug-likeness (QED) is 0.787. The topological polar surface area (TPSA) is 121 Å². The van der Waals surface area contributed by atoms with E-state index in [0.717, 1.165) is 0 Å². The number of hydrogen-bond donors (Lipinski definition) is 0. The zero-order valence-electron chi connectivity index (χ0n) is 12.3. The van der Waals surface area contributed by atoms with Crippen molar-refractivity contribution in [1.29, 1.82) is 21.0 Å². The fraction of sp³-hybridized carbons (Fsp3) is 0.312. The number of methoxy groups -OCH3 is 1. The Balaban J connectivity index is 0.000000763. The molecule has 0 saturated heterocycles. The Morgan fingerprint density at radius 3 is 1.95 bits per heavy atom. The zero-order valence-corrected chi connectivity index (χ0v) is 12.3. The molecule has 22 heavy (non-hydrogen) atoms. The van der Waals surface area contributed by atoms with Crippen LogP contribution >= 0.6 is 0 Å². The van der Waals surface area contributed by atoms with Crippen molar-refractivity contribution in [3.8, 4) is 24.3 Å². The van der Waals surface area contributed by atoms with Gasteiger partial charge in [-0.25, -0.2) is 0 Å². The Morgan fingerprint density at radius 2 is 1.64 bits per heavy atom. The molecule has 110 valence electrons. The van der Waals surface area contributed by atoms with Gasteiger partial charge in [0, 0.05) is 0 Å². The molecule has 1 aromatic carbocycles. The zero-order chi connectivity index (χ0) is 17.0. The second kappa shape index (κ2) is 9.54. The number of carbonyl (C=O) groups excluding carboxylic acids is 1. The number of nitriles is 4. The highest BCUT2D eigenvalue weighted by Crippen LogP contribution is 2.33. The van der Waals surface area contributed by atoms with E-state index in [0.29, 0.717) is 5.56 Å². The Kier molecular flexibility index (Phi) is 8.09. The summed E-state index contributed by atoms with van der Waals surface area (Å²) in [6.07, 6.45) is 0. The van der Waals surface area contributed by atoms with E-state index in [1.807, 2.05) is 12.1 Å². The Labute approximate surface area is 129 Å². The lowest BCUT2D eigenvalue weighted by Crippen LogP contribution is -2.40. The van der Waals surface area contributed by atoms with Crippen molar-refractivity contribution < 1.29 is 9.53 Å². The summed E-state index contributed by atoms with van der Waals surface area (Å²) < 4.78 is 4.71. The van der Waals surface area contributed by atoms with Crippen molar-refractivity contribution in [3.63, 3.8) is 0 Å². The van der Waals surface area contributed by atoms with Gasteiger partial charge in [-0.15, -0.1) is 0 Å². The van der Waals surface area contributed by atoms with Gasteiger partial charge < -0.3 is 4.74 Å². The summed E-state index contributed by atoms with van der Waals surface area (Å²) in [7, 11) is 1.25. The van der Waals surface area contributed by atoms with Crippen LogP contribution in [0.3, 0.4) is 0 Å². The van der Waals surface area contributed by atoms with E-state index in [4.69, 9.17) is 25.8 Å². The predicted octanol–water partition coefficient (Wildman–Crippen LogP) is 2.20. The Hall–Kier alpha value is -3.35. The van der Waals surface area contributed by atoms with Gasteiger partial charge in [0.05, 0.1) is 31.4 Å². The lowest BCUT2D eigenvalue weighted by molar-refractivity contribution is -0.147. The fourth-order valence-corrected chi connectivity index (χ4v) is 1.72. The standard InChI is InChI=1S/C13H12N2O2.C3H2N2/c1-13(12(16)17-2,11(8-14)9-15)10-6-4-3-5-7-10;4-2-1-3-5/h3-7,11H,1-2H3;1H2. The predicted molar refractivity (Wildman–Crippen MR) is 76.4 cm³/mol. The van der Waals surface area contributed by atoms with E-state index in [9.17, 15) is 4.79 Å². The summed E-state index contributed by atoms with van der Waals surface area (Å²) in [6.45, 7) is 1.55. The van der Waals surface area contributed by atoms with Crippen molar-refractivity contribution in [2.24, 2.45) is 5.92 Å². The first-order valence-corrected chi connectivity index (χ1v) is 6.19. The molecule has 0 aliphatic rings. The lowest BCUT2D eigenvalue weighted by atomic mass is 9.73. The molecule has 0 spiro atoms. The second-order valence-electron chi connectivity index (χ2n) is 4.24. The summed E-state index contributed by atoms with van der Waals surface area (Å²) in [5.41, 5.74) is -0.667. The van der Waals surface area contributed by atoms with Gasteiger partial charge in [-0.1, -0.05) is 30.3 Å². The minimum Gasteiger partial charge on any atom is -0.468 e. The maximum Gasteiger partial charge on any atom is 0.318 e. The summed E-state index contributed by atoms with van der Waals surface area (Å²) in [5, 5.41) is 33.2. The molecule has 1 rings (SSSR count). The smallest absolute Gasteiger partial charge is 0.318 e. The molecule has 0 aromatic heterocycles. The summed E-state index contributed by atoms with van der Waals surface area (Å²) >= 11 is 0. The number of esters is 1. The van der Waals surface area contributed by atoms with Gasteiger partial charge in [0.15, 0.2) is 5.92 Å². The third kappa shape index (κ3) is 4.34. The van der Waals surface area contributed by atoms with Crippen LogP contribution < -0.4 is 0 Å². The van der Waals surface area contributed by atoms with E-state index in [2.05, 4.69) is 0 Å². The van der Waals surface area contributed by atoms with Crippen LogP contribution in [-0.4, -0.2) is 13.1 Å². The van der Waals surface area contributed by atoms with Crippen LogP contribution in [0.4, 0.5) is 0 Å². The van der Waals surface area contributed by atoms with Crippen molar-refractivity contribution >= 4 is 5.97 Å². The highest BCUT2D eigenvalue weighted by atomic mass is 16.5.